The van der Waals surface area contributed by atoms with Crippen molar-refractivity contribution in [2.75, 3.05) is 0 Å². The minimum absolute atomic E-state index is 0.101. The van der Waals surface area contributed by atoms with Crippen LogP contribution in [0.2, 0.25) is 0 Å². The van der Waals surface area contributed by atoms with Crippen molar-refractivity contribution in [1.82, 2.24) is 10.3 Å². The van der Waals surface area contributed by atoms with Gasteiger partial charge in [-0.05, 0) is 26.2 Å². The summed E-state index contributed by atoms with van der Waals surface area (Å²) in [7, 11) is 0. The quantitative estimate of drug-likeness (QED) is 0.725. The molecule has 0 saturated heterocycles. The number of aliphatic hydroxyl groups excluding tert-OH is 1. The molecule has 1 aromatic rings. The van der Waals surface area contributed by atoms with E-state index in [0.29, 0.717) is 29.8 Å². The van der Waals surface area contributed by atoms with Crippen LogP contribution in [0.1, 0.15) is 44.0 Å². The van der Waals surface area contributed by atoms with Crippen LogP contribution in [-0.2, 0) is 13.2 Å². The minimum atomic E-state index is -0.101. The lowest BCUT2D eigenvalue weighted by atomic mass is 10.0. The van der Waals surface area contributed by atoms with Gasteiger partial charge < -0.3 is 15.5 Å². The van der Waals surface area contributed by atoms with Gasteiger partial charge in [0, 0.05) is 29.9 Å². The second-order valence-corrected chi connectivity index (χ2v) is 5.27. The van der Waals surface area contributed by atoms with Crippen molar-refractivity contribution in [3.63, 3.8) is 0 Å². The molecule has 4 nitrogen and oxygen atoms in total. The van der Waals surface area contributed by atoms with Crippen LogP contribution in [0.3, 0.4) is 0 Å². The van der Waals surface area contributed by atoms with Gasteiger partial charge in [0.2, 0.25) is 0 Å². The topological polar surface area (TPSA) is 65.4 Å². The Morgan fingerprint density at radius 1 is 1.33 bits per heavy atom. The van der Waals surface area contributed by atoms with Gasteiger partial charge in [0.05, 0.1) is 12.3 Å². The van der Waals surface area contributed by atoms with Crippen LogP contribution in [0, 0.1) is 12.8 Å². The highest BCUT2D eigenvalue weighted by Crippen LogP contribution is 2.23. The van der Waals surface area contributed by atoms with E-state index in [0.717, 1.165) is 12.0 Å². The van der Waals surface area contributed by atoms with Crippen molar-refractivity contribution in [3.8, 4) is 5.75 Å². The zero-order chi connectivity index (χ0) is 13.7. The molecule has 0 saturated carbocycles. The Balaban J connectivity index is 2.74. The molecule has 1 heterocycles. The maximum absolute atomic E-state index is 9.99. The number of aromatic hydroxyl groups is 1. The average Bonchev–Trinajstić information content (AvgIpc) is 2.30. The maximum Gasteiger partial charge on any atom is 0.141 e. The molecule has 0 aromatic carbocycles. The predicted molar refractivity (Wildman–Crippen MR) is 72.3 cm³/mol. The molecule has 1 unspecified atom stereocenters. The molecule has 102 valence electrons. The standard InChI is InChI=1S/C14H24N2O2/c1-9(2)5-10(3)15-7-13-12(8-17)6-16-11(4)14(13)18/h6,9-10,15,17-18H,5,7-8H2,1-4H3. The van der Waals surface area contributed by atoms with E-state index in [4.69, 9.17) is 0 Å². The first kappa shape index (κ1) is 14.9. The molecule has 18 heavy (non-hydrogen) atoms. The van der Waals surface area contributed by atoms with Gasteiger partial charge in [-0.3, -0.25) is 4.98 Å². The van der Waals surface area contributed by atoms with Gasteiger partial charge in [-0.25, -0.2) is 0 Å². The molecule has 0 aliphatic heterocycles. The van der Waals surface area contributed by atoms with E-state index in [1.165, 1.54) is 0 Å². The Bertz CT molecular complexity index is 392. The van der Waals surface area contributed by atoms with E-state index in [1.54, 1.807) is 13.1 Å². The summed E-state index contributed by atoms with van der Waals surface area (Å²) >= 11 is 0. The third-order valence-corrected chi connectivity index (χ3v) is 3.05. The Morgan fingerprint density at radius 2 is 2.00 bits per heavy atom. The van der Waals surface area contributed by atoms with Crippen LogP contribution in [0.5, 0.6) is 5.75 Å². The second-order valence-electron chi connectivity index (χ2n) is 5.27. The fourth-order valence-corrected chi connectivity index (χ4v) is 2.08. The van der Waals surface area contributed by atoms with E-state index in [9.17, 15) is 10.2 Å². The van der Waals surface area contributed by atoms with Gasteiger partial charge in [-0.15, -0.1) is 0 Å². The van der Waals surface area contributed by atoms with Crippen molar-refractivity contribution < 1.29 is 10.2 Å². The number of rotatable bonds is 6. The fourth-order valence-electron chi connectivity index (χ4n) is 2.08. The molecule has 1 atom stereocenters. The lowest BCUT2D eigenvalue weighted by Gasteiger charge is -2.18. The van der Waals surface area contributed by atoms with Crippen LogP contribution < -0.4 is 5.32 Å². The SMILES string of the molecule is Cc1ncc(CO)c(CNC(C)CC(C)C)c1O. The summed E-state index contributed by atoms with van der Waals surface area (Å²) < 4.78 is 0. The number of hydrogen-bond donors (Lipinski definition) is 3. The largest absolute Gasteiger partial charge is 0.506 e. The minimum Gasteiger partial charge on any atom is -0.506 e. The van der Waals surface area contributed by atoms with E-state index in [-0.39, 0.29) is 12.4 Å². The Kier molecular flexibility index (Phi) is 5.56. The highest BCUT2D eigenvalue weighted by molar-refractivity contribution is 5.40. The zero-order valence-corrected chi connectivity index (χ0v) is 11.7. The summed E-state index contributed by atoms with van der Waals surface area (Å²) in [5.41, 5.74) is 2.03. The lowest BCUT2D eigenvalue weighted by molar-refractivity contribution is 0.278. The van der Waals surface area contributed by atoms with Crippen LogP contribution >= 0.6 is 0 Å². The first-order valence-corrected chi connectivity index (χ1v) is 6.46. The average molecular weight is 252 g/mol. The molecule has 0 fully saturated rings. The number of aryl methyl sites for hydroxylation is 1. The van der Waals surface area contributed by atoms with Crippen molar-refractivity contribution in [1.29, 1.82) is 0 Å². The van der Waals surface area contributed by atoms with Gasteiger partial charge in [0.15, 0.2) is 0 Å². The monoisotopic (exact) mass is 252 g/mol. The molecule has 1 aromatic heterocycles. The van der Waals surface area contributed by atoms with Gasteiger partial charge in [-0.1, -0.05) is 13.8 Å². The third kappa shape index (κ3) is 3.96. The van der Waals surface area contributed by atoms with Crippen LogP contribution in [0.4, 0.5) is 0 Å². The number of pyridine rings is 1. The Hall–Kier alpha value is -1.13. The van der Waals surface area contributed by atoms with Crippen molar-refractivity contribution in [2.45, 2.75) is 53.3 Å². The smallest absolute Gasteiger partial charge is 0.141 e. The van der Waals surface area contributed by atoms with Crippen molar-refractivity contribution in [2.24, 2.45) is 5.92 Å². The highest BCUT2D eigenvalue weighted by atomic mass is 16.3. The summed E-state index contributed by atoms with van der Waals surface area (Å²) in [5.74, 6) is 0.823. The van der Waals surface area contributed by atoms with Crippen LogP contribution in [0.15, 0.2) is 6.20 Å². The normalized spacial score (nSPS) is 13.0. The molecule has 4 heteroatoms. The predicted octanol–water partition coefficient (Wildman–Crippen LogP) is 2.11. The third-order valence-electron chi connectivity index (χ3n) is 3.05. The first-order chi connectivity index (χ1) is 8.45. The Labute approximate surface area is 109 Å². The van der Waals surface area contributed by atoms with Crippen molar-refractivity contribution in [3.05, 3.63) is 23.0 Å². The first-order valence-electron chi connectivity index (χ1n) is 6.46. The zero-order valence-electron chi connectivity index (χ0n) is 11.7. The number of nitrogens with zero attached hydrogens (tertiary/aromatic N) is 1. The molecular formula is C14H24N2O2. The summed E-state index contributed by atoms with van der Waals surface area (Å²) in [6.45, 7) is 8.72. The molecule has 0 amide bonds. The molecule has 0 bridgehead atoms. The summed E-state index contributed by atoms with van der Waals surface area (Å²) in [6, 6.07) is 0.379. The second kappa shape index (κ2) is 6.71. The van der Waals surface area contributed by atoms with Crippen molar-refractivity contribution >= 4 is 0 Å². The van der Waals surface area contributed by atoms with Gasteiger partial charge >= 0.3 is 0 Å². The van der Waals surface area contributed by atoms with Crippen LogP contribution in [0.25, 0.3) is 0 Å². The molecular weight excluding hydrogens is 228 g/mol. The van der Waals surface area contributed by atoms with Gasteiger partial charge in [-0.2, -0.15) is 0 Å². The summed E-state index contributed by atoms with van der Waals surface area (Å²) in [4.78, 5) is 4.05. The molecule has 3 N–H and O–H groups in total. The van der Waals surface area contributed by atoms with Gasteiger partial charge in [0.1, 0.15) is 5.75 Å². The fraction of sp³-hybridized carbons (Fsp3) is 0.643. The number of hydrogen-bond acceptors (Lipinski definition) is 4. The summed E-state index contributed by atoms with van der Waals surface area (Å²) in [5, 5.41) is 22.6. The van der Waals surface area contributed by atoms with E-state index in [1.807, 2.05) is 0 Å². The van der Waals surface area contributed by atoms with Gasteiger partial charge in [0.25, 0.3) is 0 Å². The molecule has 0 spiro atoms. The molecule has 0 aliphatic carbocycles. The molecule has 0 radical (unpaired) electrons. The Morgan fingerprint density at radius 3 is 2.56 bits per heavy atom. The van der Waals surface area contributed by atoms with E-state index in [2.05, 4.69) is 31.1 Å². The summed E-state index contributed by atoms with van der Waals surface area (Å²) in [6.07, 6.45) is 2.71. The van der Waals surface area contributed by atoms with E-state index >= 15 is 0 Å². The maximum atomic E-state index is 9.99. The number of nitrogens with one attached hydrogen (secondary N) is 1. The molecule has 0 aliphatic rings. The lowest BCUT2D eigenvalue weighted by Crippen LogP contribution is -2.27. The number of aliphatic hydroxyl groups is 1. The number of aromatic nitrogens is 1. The van der Waals surface area contributed by atoms with Crippen LogP contribution in [-0.4, -0.2) is 21.2 Å². The molecule has 1 rings (SSSR count). The van der Waals surface area contributed by atoms with E-state index < -0.39 is 0 Å². The highest BCUT2D eigenvalue weighted by Gasteiger charge is 2.12.